The minimum absolute atomic E-state index is 0.244. The Morgan fingerprint density at radius 2 is 2.06 bits per heavy atom. The van der Waals surface area contributed by atoms with Crippen LogP contribution >= 0.6 is 0 Å². The lowest BCUT2D eigenvalue weighted by molar-refractivity contribution is 0.242. The zero-order chi connectivity index (χ0) is 12.1. The summed E-state index contributed by atoms with van der Waals surface area (Å²) in [6, 6.07) is 9.13. The van der Waals surface area contributed by atoms with Crippen LogP contribution in [0.1, 0.15) is 45.1 Å². The van der Waals surface area contributed by atoms with Gasteiger partial charge in [0.2, 0.25) is 0 Å². The van der Waals surface area contributed by atoms with E-state index in [1.54, 1.807) is 0 Å². The van der Waals surface area contributed by atoms with Crippen LogP contribution in [0.2, 0.25) is 0 Å². The van der Waals surface area contributed by atoms with Crippen molar-refractivity contribution in [3.8, 4) is 5.75 Å². The van der Waals surface area contributed by atoms with Crippen LogP contribution in [-0.2, 0) is 6.54 Å². The van der Waals surface area contributed by atoms with Crippen molar-refractivity contribution in [2.75, 3.05) is 0 Å². The Bertz CT molecular complexity index is 343. The largest absolute Gasteiger partial charge is 0.491 e. The second kappa shape index (κ2) is 6.06. The molecular formula is C15H23NO. The summed E-state index contributed by atoms with van der Waals surface area (Å²) in [5.41, 5.74) is 1.31. The van der Waals surface area contributed by atoms with Crippen LogP contribution in [-0.4, -0.2) is 12.1 Å². The summed E-state index contributed by atoms with van der Waals surface area (Å²) in [5.74, 6) is 0.978. The normalized spacial score (nSPS) is 16.6. The number of benzene rings is 1. The molecule has 2 nitrogen and oxygen atoms in total. The second-order valence-corrected chi connectivity index (χ2v) is 5.18. The van der Waals surface area contributed by atoms with E-state index >= 15 is 0 Å². The van der Waals surface area contributed by atoms with Gasteiger partial charge in [-0.2, -0.15) is 0 Å². The van der Waals surface area contributed by atoms with Crippen LogP contribution in [0, 0.1) is 0 Å². The third-order valence-electron chi connectivity index (χ3n) is 3.22. The Labute approximate surface area is 104 Å². The Balaban J connectivity index is 1.86. The van der Waals surface area contributed by atoms with E-state index in [9.17, 15) is 0 Å². The van der Waals surface area contributed by atoms with Crippen molar-refractivity contribution in [2.24, 2.45) is 0 Å². The predicted octanol–water partition coefficient (Wildman–Crippen LogP) is 3.51. The van der Waals surface area contributed by atoms with Crippen molar-refractivity contribution in [1.29, 1.82) is 0 Å². The maximum atomic E-state index is 5.70. The number of nitrogens with one attached hydrogen (secondary N) is 1. The van der Waals surface area contributed by atoms with Gasteiger partial charge in [-0.15, -0.1) is 0 Å². The van der Waals surface area contributed by atoms with E-state index < -0.39 is 0 Å². The van der Waals surface area contributed by atoms with Crippen molar-refractivity contribution in [2.45, 2.75) is 58.2 Å². The molecule has 17 heavy (non-hydrogen) atoms. The highest BCUT2D eigenvalue weighted by atomic mass is 16.5. The highest BCUT2D eigenvalue weighted by Gasteiger charge is 2.13. The molecule has 0 bridgehead atoms. The van der Waals surface area contributed by atoms with Gasteiger partial charge in [0.25, 0.3) is 0 Å². The van der Waals surface area contributed by atoms with Crippen molar-refractivity contribution >= 4 is 0 Å². The maximum absolute atomic E-state index is 5.70. The molecule has 0 amide bonds. The molecule has 1 aromatic carbocycles. The molecule has 0 aromatic heterocycles. The molecule has 0 atom stereocenters. The third kappa shape index (κ3) is 4.04. The molecule has 0 radical (unpaired) electrons. The highest BCUT2D eigenvalue weighted by Crippen LogP contribution is 2.19. The first-order valence-electron chi connectivity index (χ1n) is 6.73. The molecule has 1 aliphatic rings. The summed E-state index contributed by atoms with van der Waals surface area (Å²) in [6.45, 7) is 5.08. The van der Waals surface area contributed by atoms with E-state index in [-0.39, 0.29) is 6.10 Å². The van der Waals surface area contributed by atoms with Crippen molar-refractivity contribution in [3.63, 3.8) is 0 Å². The lowest BCUT2D eigenvalue weighted by Gasteiger charge is -2.14. The molecule has 0 unspecified atom stereocenters. The fourth-order valence-corrected chi connectivity index (χ4v) is 2.39. The summed E-state index contributed by atoms with van der Waals surface area (Å²) >= 11 is 0. The van der Waals surface area contributed by atoms with E-state index in [0.29, 0.717) is 0 Å². The first-order valence-corrected chi connectivity index (χ1v) is 6.73. The number of rotatable bonds is 5. The van der Waals surface area contributed by atoms with Gasteiger partial charge in [0, 0.05) is 12.6 Å². The van der Waals surface area contributed by atoms with Crippen molar-refractivity contribution in [1.82, 2.24) is 5.32 Å². The van der Waals surface area contributed by atoms with E-state index in [1.165, 1.54) is 31.2 Å². The Hall–Kier alpha value is -1.02. The molecule has 1 saturated carbocycles. The molecule has 1 aromatic rings. The summed E-state index contributed by atoms with van der Waals surface area (Å²) in [6.07, 6.45) is 5.68. The Morgan fingerprint density at radius 1 is 1.29 bits per heavy atom. The van der Waals surface area contributed by atoms with Gasteiger partial charge in [-0.3, -0.25) is 0 Å². The summed E-state index contributed by atoms with van der Waals surface area (Å²) in [5, 5.41) is 3.62. The van der Waals surface area contributed by atoms with Gasteiger partial charge in [-0.25, -0.2) is 0 Å². The molecule has 0 spiro atoms. The Kier molecular flexibility index (Phi) is 4.43. The number of ether oxygens (including phenoxy) is 1. The van der Waals surface area contributed by atoms with Crippen LogP contribution in [0.3, 0.4) is 0 Å². The zero-order valence-electron chi connectivity index (χ0n) is 10.9. The fourth-order valence-electron chi connectivity index (χ4n) is 2.39. The monoisotopic (exact) mass is 233 g/mol. The first kappa shape index (κ1) is 12.4. The quantitative estimate of drug-likeness (QED) is 0.840. The van der Waals surface area contributed by atoms with Gasteiger partial charge < -0.3 is 10.1 Å². The SMILES string of the molecule is CC(C)Oc1cccc(CNC2CCCC2)c1. The Morgan fingerprint density at radius 3 is 2.76 bits per heavy atom. The molecule has 94 valence electrons. The molecule has 1 aliphatic carbocycles. The van der Waals surface area contributed by atoms with Gasteiger partial charge in [-0.1, -0.05) is 25.0 Å². The zero-order valence-corrected chi connectivity index (χ0v) is 10.9. The lowest BCUT2D eigenvalue weighted by atomic mass is 10.2. The van der Waals surface area contributed by atoms with Crippen LogP contribution in [0.5, 0.6) is 5.75 Å². The molecule has 0 aliphatic heterocycles. The molecule has 2 heteroatoms. The summed E-state index contributed by atoms with van der Waals surface area (Å²) in [4.78, 5) is 0. The first-order chi connectivity index (χ1) is 8.24. The number of hydrogen-bond acceptors (Lipinski definition) is 2. The van der Waals surface area contributed by atoms with E-state index in [4.69, 9.17) is 4.74 Å². The van der Waals surface area contributed by atoms with Crippen molar-refractivity contribution in [3.05, 3.63) is 29.8 Å². The minimum Gasteiger partial charge on any atom is -0.491 e. The minimum atomic E-state index is 0.244. The average molecular weight is 233 g/mol. The van der Waals surface area contributed by atoms with E-state index in [2.05, 4.69) is 37.4 Å². The topological polar surface area (TPSA) is 21.3 Å². The van der Waals surface area contributed by atoms with Gasteiger partial charge in [0.1, 0.15) is 5.75 Å². The standard InChI is InChI=1S/C15H23NO/c1-12(2)17-15-9-5-6-13(10-15)11-16-14-7-3-4-8-14/h5-6,9-10,12,14,16H,3-4,7-8,11H2,1-2H3. The van der Waals surface area contributed by atoms with Crippen molar-refractivity contribution < 1.29 is 4.74 Å². The molecule has 0 saturated heterocycles. The van der Waals surface area contributed by atoms with Gasteiger partial charge in [-0.05, 0) is 44.4 Å². The molecule has 2 rings (SSSR count). The molecule has 1 N–H and O–H groups in total. The van der Waals surface area contributed by atoms with Gasteiger partial charge in [0.15, 0.2) is 0 Å². The highest BCUT2D eigenvalue weighted by molar-refractivity contribution is 5.28. The van der Waals surface area contributed by atoms with Gasteiger partial charge >= 0.3 is 0 Å². The molecule has 1 fully saturated rings. The maximum Gasteiger partial charge on any atom is 0.120 e. The predicted molar refractivity (Wildman–Crippen MR) is 71.3 cm³/mol. The third-order valence-corrected chi connectivity index (χ3v) is 3.22. The summed E-state index contributed by atoms with van der Waals surface area (Å²) in [7, 11) is 0. The van der Waals surface area contributed by atoms with E-state index in [1.807, 2.05) is 6.07 Å². The van der Waals surface area contributed by atoms with E-state index in [0.717, 1.165) is 18.3 Å². The van der Waals surface area contributed by atoms with Crippen LogP contribution in [0.15, 0.2) is 24.3 Å². The summed E-state index contributed by atoms with van der Waals surface area (Å²) < 4.78 is 5.70. The van der Waals surface area contributed by atoms with Crippen LogP contribution < -0.4 is 10.1 Å². The van der Waals surface area contributed by atoms with Crippen LogP contribution in [0.25, 0.3) is 0 Å². The molecule has 0 heterocycles. The fraction of sp³-hybridized carbons (Fsp3) is 0.600. The second-order valence-electron chi connectivity index (χ2n) is 5.18. The average Bonchev–Trinajstić information content (AvgIpc) is 2.79. The lowest BCUT2D eigenvalue weighted by Crippen LogP contribution is -2.25. The number of hydrogen-bond donors (Lipinski definition) is 1. The van der Waals surface area contributed by atoms with Gasteiger partial charge in [0.05, 0.1) is 6.10 Å². The smallest absolute Gasteiger partial charge is 0.120 e. The molecular weight excluding hydrogens is 210 g/mol. The van der Waals surface area contributed by atoms with Crippen LogP contribution in [0.4, 0.5) is 0 Å².